The standard InChI is InChI=1S/C20H22F2N2O/c21-18-7-6-14(9-19(18)22)11-24-12-16-3-1-4-17(13-24)20(16,25)15-5-2-8-23-10-15/h2,5-10,16-17,25H,1,3-4,11-13H2/t16-,17-/m1/s1. The van der Waals surface area contributed by atoms with E-state index in [0.717, 1.165) is 43.5 Å². The summed E-state index contributed by atoms with van der Waals surface area (Å²) in [5.41, 5.74) is 0.831. The van der Waals surface area contributed by atoms with Gasteiger partial charge in [0.2, 0.25) is 0 Å². The summed E-state index contributed by atoms with van der Waals surface area (Å²) >= 11 is 0. The molecule has 25 heavy (non-hydrogen) atoms. The third-order valence-electron chi connectivity index (χ3n) is 5.82. The third kappa shape index (κ3) is 2.96. The summed E-state index contributed by atoms with van der Waals surface area (Å²) in [6.45, 7) is 2.08. The van der Waals surface area contributed by atoms with Gasteiger partial charge in [0.1, 0.15) is 0 Å². The van der Waals surface area contributed by atoms with Gasteiger partial charge in [0, 0.05) is 49.4 Å². The van der Waals surface area contributed by atoms with E-state index >= 15 is 0 Å². The first kappa shape index (κ1) is 16.6. The predicted octanol–water partition coefficient (Wildman–Crippen LogP) is 3.48. The molecule has 1 aliphatic heterocycles. The van der Waals surface area contributed by atoms with Gasteiger partial charge in [-0.1, -0.05) is 18.6 Å². The van der Waals surface area contributed by atoms with Crippen LogP contribution < -0.4 is 0 Å². The summed E-state index contributed by atoms with van der Waals surface area (Å²) in [4.78, 5) is 6.44. The third-order valence-corrected chi connectivity index (χ3v) is 5.82. The maximum absolute atomic E-state index is 13.5. The Morgan fingerprint density at radius 1 is 1.12 bits per heavy atom. The van der Waals surface area contributed by atoms with E-state index in [4.69, 9.17) is 0 Å². The number of pyridine rings is 1. The number of nitrogens with zero attached hydrogens (tertiary/aromatic N) is 2. The molecule has 1 aromatic carbocycles. The van der Waals surface area contributed by atoms with Crippen LogP contribution in [0.3, 0.4) is 0 Å². The molecule has 0 amide bonds. The number of hydrogen-bond donors (Lipinski definition) is 1. The molecule has 1 aromatic heterocycles. The lowest BCUT2D eigenvalue weighted by molar-refractivity contribution is -0.148. The average Bonchev–Trinajstić information content (AvgIpc) is 2.60. The minimum absolute atomic E-state index is 0.134. The highest BCUT2D eigenvalue weighted by Crippen LogP contribution is 2.49. The smallest absolute Gasteiger partial charge is 0.159 e. The zero-order valence-corrected chi connectivity index (χ0v) is 14.0. The molecule has 1 saturated heterocycles. The lowest BCUT2D eigenvalue weighted by Crippen LogP contribution is -2.57. The molecule has 2 aromatic rings. The topological polar surface area (TPSA) is 36.4 Å². The first-order chi connectivity index (χ1) is 12.1. The Morgan fingerprint density at radius 3 is 2.52 bits per heavy atom. The monoisotopic (exact) mass is 344 g/mol. The van der Waals surface area contributed by atoms with Gasteiger partial charge in [-0.15, -0.1) is 0 Å². The average molecular weight is 344 g/mol. The molecule has 2 heterocycles. The summed E-state index contributed by atoms with van der Waals surface area (Å²) < 4.78 is 26.6. The van der Waals surface area contributed by atoms with Gasteiger partial charge in [0.25, 0.3) is 0 Å². The number of aliphatic hydroxyl groups is 1. The first-order valence-corrected chi connectivity index (χ1v) is 8.86. The fraction of sp³-hybridized carbons (Fsp3) is 0.450. The Morgan fingerprint density at radius 2 is 1.88 bits per heavy atom. The molecule has 0 spiro atoms. The van der Waals surface area contributed by atoms with Crippen LogP contribution in [0.5, 0.6) is 0 Å². The van der Waals surface area contributed by atoms with Gasteiger partial charge in [0.05, 0.1) is 5.60 Å². The van der Waals surface area contributed by atoms with E-state index in [0.29, 0.717) is 6.54 Å². The first-order valence-electron chi connectivity index (χ1n) is 8.86. The Kier molecular flexibility index (Phi) is 4.29. The zero-order valence-electron chi connectivity index (χ0n) is 14.0. The molecule has 4 rings (SSSR count). The molecule has 2 bridgehead atoms. The molecule has 0 unspecified atom stereocenters. The van der Waals surface area contributed by atoms with Crippen molar-refractivity contribution in [2.45, 2.75) is 31.4 Å². The molecule has 132 valence electrons. The van der Waals surface area contributed by atoms with Gasteiger partial charge in [-0.25, -0.2) is 8.78 Å². The quantitative estimate of drug-likeness (QED) is 0.926. The van der Waals surface area contributed by atoms with Gasteiger partial charge in [-0.2, -0.15) is 0 Å². The maximum Gasteiger partial charge on any atom is 0.159 e. The number of likely N-dealkylation sites (tertiary alicyclic amines) is 1. The second-order valence-electron chi connectivity index (χ2n) is 7.33. The Bertz CT molecular complexity index is 739. The van der Waals surface area contributed by atoms with Crippen LogP contribution in [0.1, 0.15) is 30.4 Å². The van der Waals surface area contributed by atoms with Crippen molar-refractivity contribution in [3.63, 3.8) is 0 Å². The summed E-state index contributed by atoms with van der Waals surface area (Å²) in [6.07, 6.45) is 6.56. The predicted molar refractivity (Wildman–Crippen MR) is 90.6 cm³/mol. The molecule has 2 fully saturated rings. The molecule has 2 aliphatic rings. The van der Waals surface area contributed by atoms with Crippen molar-refractivity contribution in [3.8, 4) is 0 Å². The van der Waals surface area contributed by atoms with Crippen LogP contribution in [-0.4, -0.2) is 28.1 Å². The van der Waals surface area contributed by atoms with Crippen LogP contribution in [0.4, 0.5) is 8.78 Å². The van der Waals surface area contributed by atoms with Crippen molar-refractivity contribution in [2.75, 3.05) is 13.1 Å². The molecule has 1 aliphatic carbocycles. The number of benzene rings is 1. The number of fused-ring (bicyclic) bond motifs is 2. The van der Waals surface area contributed by atoms with Crippen LogP contribution in [-0.2, 0) is 12.1 Å². The second-order valence-corrected chi connectivity index (χ2v) is 7.33. The second kappa shape index (κ2) is 6.46. The normalized spacial score (nSPS) is 29.6. The molecule has 1 saturated carbocycles. The van der Waals surface area contributed by atoms with E-state index in [1.165, 1.54) is 12.1 Å². The van der Waals surface area contributed by atoms with Gasteiger partial charge in [-0.05, 0) is 36.6 Å². The Hall–Kier alpha value is -1.85. The van der Waals surface area contributed by atoms with Crippen LogP contribution in [0, 0.1) is 23.5 Å². The molecule has 5 heteroatoms. The molecule has 2 atom stereocenters. The van der Waals surface area contributed by atoms with E-state index in [2.05, 4.69) is 9.88 Å². The van der Waals surface area contributed by atoms with Crippen molar-refractivity contribution in [1.82, 2.24) is 9.88 Å². The maximum atomic E-state index is 13.5. The molecule has 1 N–H and O–H groups in total. The van der Waals surface area contributed by atoms with Crippen molar-refractivity contribution in [3.05, 3.63) is 65.5 Å². The van der Waals surface area contributed by atoms with Crippen molar-refractivity contribution >= 4 is 0 Å². The minimum Gasteiger partial charge on any atom is -0.384 e. The van der Waals surface area contributed by atoms with Gasteiger partial charge < -0.3 is 5.11 Å². The molecule has 0 radical (unpaired) electrons. The largest absolute Gasteiger partial charge is 0.384 e. The number of rotatable bonds is 3. The fourth-order valence-corrected chi connectivity index (χ4v) is 4.64. The van der Waals surface area contributed by atoms with E-state index in [-0.39, 0.29) is 11.8 Å². The number of aromatic nitrogens is 1. The fourth-order valence-electron chi connectivity index (χ4n) is 4.64. The summed E-state index contributed by atoms with van der Waals surface area (Å²) in [6, 6.07) is 7.92. The number of piperidine rings is 1. The van der Waals surface area contributed by atoms with Gasteiger partial charge in [-0.3, -0.25) is 9.88 Å². The summed E-state index contributed by atoms with van der Waals surface area (Å²) in [5, 5.41) is 11.5. The van der Waals surface area contributed by atoms with E-state index in [1.807, 2.05) is 12.1 Å². The van der Waals surface area contributed by atoms with Crippen LogP contribution in [0.25, 0.3) is 0 Å². The van der Waals surface area contributed by atoms with Gasteiger partial charge in [0.15, 0.2) is 11.6 Å². The highest BCUT2D eigenvalue weighted by atomic mass is 19.2. The van der Waals surface area contributed by atoms with E-state index in [1.54, 1.807) is 18.5 Å². The SMILES string of the molecule is OC1(c2cccnc2)[C@@H]2CCC[C@@H]1CN(Cc1ccc(F)c(F)c1)C2. The van der Waals surface area contributed by atoms with Crippen LogP contribution >= 0.6 is 0 Å². The van der Waals surface area contributed by atoms with Crippen LogP contribution in [0.15, 0.2) is 42.7 Å². The van der Waals surface area contributed by atoms with E-state index in [9.17, 15) is 13.9 Å². The molecule has 3 nitrogen and oxygen atoms in total. The summed E-state index contributed by atoms with van der Waals surface area (Å²) in [5.74, 6) is -1.35. The highest BCUT2D eigenvalue weighted by Gasteiger charge is 2.51. The van der Waals surface area contributed by atoms with E-state index < -0.39 is 17.2 Å². The lowest BCUT2D eigenvalue weighted by atomic mass is 9.63. The zero-order chi connectivity index (χ0) is 17.4. The van der Waals surface area contributed by atoms with Crippen molar-refractivity contribution in [2.24, 2.45) is 11.8 Å². The number of halogens is 2. The Balaban J connectivity index is 1.56. The number of hydrogen-bond acceptors (Lipinski definition) is 3. The Labute approximate surface area is 146 Å². The van der Waals surface area contributed by atoms with Crippen molar-refractivity contribution in [1.29, 1.82) is 0 Å². The lowest BCUT2D eigenvalue weighted by Gasteiger charge is -2.53. The van der Waals surface area contributed by atoms with Gasteiger partial charge >= 0.3 is 0 Å². The van der Waals surface area contributed by atoms with Crippen molar-refractivity contribution < 1.29 is 13.9 Å². The summed E-state index contributed by atoms with van der Waals surface area (Å²) in [7, 11) is 0. The highest BCUT2D eigenvalue weighted by molar-refractivity contribution is 5.24. The minimum atomic E-state index is -0.836. The van der Waals surface area contributed by atoms with Crippen LogP contribution in [0.2, 0.25) is 0 Å². The molecular weight excluding hydrogens is 322 g/mol. The molecular formula is C20H22F2N2O.